The molecule has 6 N–H and O–H groups in total. The predicted molar refractivity (Wildman–Crippen MR) is 39.2 cm³/mol. The number of aromatic nitrogens is 1. The fourth-order valence-electron chi connectivity index (χ4n) is 0.807. The summed E-state index contributed by atoms with van der Waals surface area (Å²) in [4.78, 5) is 2.80. The Morgan fingerprint density at radius 1 is 1.60 bits per heavy atom. The average molecular weight is 141 g/mol. The number of nitrogens with one attached hydrogen (secondary N) is 1. The molecule has 1 rings (SSSR count). The molecule has 0 saturated carbocycles. The first-order valence-corrected chi connectivity index (χ1v) is 3.04. The van der Waals surface area contributed by atoms with Crippen LogP contribution in [0.1, 0.15) is 11.6 Å². The number of hydrogen-bond donors (Lipinski definition) is 4. The molecule has 1 heterocycles. The lowest BCUT2D eigenvalue weighted by atomic mass is 10.1. The number of rotatable bonds is 2. The van der Waals surface area contributed by atoms with E-state index in [2.05, 4.69) is 4.98 Å². The zero-order valence-electron chi connectivity index (χ0n) is 5.54. The molecule has 0 aliphatic carbocycles. The minimum atomic E-state index is -0.369. The Morgan fingerprint density at radius 3 is 2.70 bits per heavy atom. The van der Waals surface area contributed by atoms with Gasteiger partial charge in [-0.2, -0.15) is 0 Å². The molecule has 56 valence electrons. The molecule has 0 fully saturated rings. The van der Waals surface area contributed by atoms with E-state index in [1.54, 1.807) is 12.4 Å². The van der Waals surface area contributed by atoms with Crippen LogP contribution in [0.2, 0.25) is 0 Å². The molecule has 0 unspecified atom stereocenters. The monoisotopic (exact) mass is 141 g/mol. The van der Waals surface area contributed by atoms with Crippen molar-refractivity contribution in [3.63, 3.8) is 0 Å². The van der Waals surface area contributed by atoms with Crippen LogP contribution in [0.25, 0.3) is 0 Å². The Bertz CT molecular complexity index is 209. The number of aliphatic hydroxyl groups is 1. The van der Waals surface area contributed by atoms with Gasteiger partial charge in [-0.3, -0.25) is 0 Å². The molecule has 0 spiro atoms. The number of nitrogens with two attached hydrogens (primary N) is 2. The molecular formula is C6H11N3O. The van der Waals surface area contributed by atoms with E-state index >= 15 is 0 Å². The minimum Gasteiger partial charge on any atom is -0.397 e. The van der Waals surface area contributed by atoms with Crippen molar-refractivity contribution >= 4 is 5.69 Å². The quantitative estimate of drug-likeness (QED) is 0.451. The summed E-state index contributed by atoms with van der Waals surface area (Å²) in [7, 11) is 0. The lowest BCUT2D eigenvalue weighted by molar-refractivity contribution is 0.268. The van der Waals surface area contributed by atoms with Crippen LogP contribution >= 0.6 is 0 Å². The smallest absolute Gasteiger partial charge is 0.0625 e. The van der Waals surface area contributed by atoms with Crippen LogP contribution in [-0.2, 0) is 0 Å². The summed E-state index contributed by atoms with van der Waals surface area (Å²) >= 11 is 0. The largest absolute Gasteiger partial charge is 0.397 e. The fourth-order valence-corrected chi connectivity index (χ4v) is 0.807. The summed E-state index contributed by atoms with van der Waals surface area (Å²) in [6, 6.07) is -0.369. The molecule has 0 aliphatic heterocycles. The van der Waals surface area contributed by atoms with Crippen molar-refractivity contribution in [1.82, 2.24) is 4.98 Å². The summed E-state index contributed by atoms with van der Waals surface area (Å²) in [6.45, 7) is -0.0813. The van der Waals surface area contributed by atoms with Gasteiger partial charge in [0, 0.05) is 18.0 Å². The van der Waals surface area contributed by atoms with E-state index in [4.69, 9.17) is 16.6 Å². The van der Waals surface area contributed by atoms with Gasteiger partial charge in [0.1, 0.15) is 0 Å². The topological polar surface area (TPSA) is 88.1 Å². The fraction of sp³-hybridized carbons (Fsp3) is 0.333. The van der Waals surface area contributed by atoms with E-state index in [9.17, 15) is 0 Å². The van der Waals surface area contributed by atoms with Gasteiger partial charge in [-0.25, -0.2) is 0 Å². The highest BCUT2D eigenvalue weighted by Gasteiger charge is 2.07. The zero-order valence-corrected chi connectivity index (χ0v) is 5.54. The van der Waals surface area contributed by atoms with Gasteiger partial charge in [0.2, 0.25) is 0 Å². The molecule has 0 aromatic carbocycles. The van der Waals surface area contributed by atoms with Crippen molar-refractivity contribution in [3.8, 4) is 0 Å². The average Bonchev–Trinajstić information content (AvgIpc) is 2.34. The van der Waals surface area contributed by atoms with Crippen LogP contribution in [0.3, 0.4) is 0 Å². The lowest BCUT2D eigenvalue weighted by Gasteiger charge is -2.05. The van der Waals surface area contributed by atoms with Crippen LogP contribution in [0.4, 0.5) is 5.69 Å². The highest BCUT2D eigenvalue weighted by atomic mass is 16.3. The molecule has 1 aromatic heterocycles. The Balaban J connectivity index is 2.82. The molecule has 0 aliphatic rings. The Labute approximate surface area is 58.8 Å². The normalized spacial score (nSPS) is 13.4. The van der Waals surface area contributed by atoms with Crippen molar-refractivity contribution in [2.45, 2.75) is 6.04 Å². The standard InChI is InChI=1S/C6H11N3O/c7-5-2-9-1-4(5)6(8)3-10/h1-2,6,9-10H,3,7-8H2/t6-/m1/s1. The van der Waals surface area contributed by atoms with Crippen LogP contribution in [0, 0.1) is 0 Å². The van der Waals surface area contributed by atoms with Crippen molar-refractivity contribution in [3.05, 3.63) is 18.0 Å². The SMILES string of the molecule is Nc1c[nH]cc1[C@H](N)CO. The maximum Gasteiger partial charge on any atom is 0.0625 e. The third-order valence-electron chi connectivity index (χ3n) is 1.41. The maximum absolute atomic E-state index is 8.64. The number of H-pyrrole nitrogens is 1. The van der Waals surface area contributed by atoms with Crippen LogP contribution in [0.15, 0.2) is 12.4 Å². The van der Waals surface area contributed by atoms with Crippen LogP contribution < -0.4 is 11.5 Å². The Morgan fingerprint density at radius 2 is 2.30 bits per heavy atom. The van der Waals surface area contributed by atoms with Gasteiger partial charge >= 0.3 is 0 Å². The van der Waals surface area contributed by atoms with Gasteiger partial charge in [0.25, 0.3) is 0 Å². The van der Waals surface area contributed by atoms with E-state index in [1.807, 2.05) is 0 Å². The first-order chi connectivity index (χ1) is 4.75. The zero-order chi connectivity index (χ0) is 7.56. The van der Waals surface area contributed by atoms with Crippen molar-refractivity contribution in [2.75, 3.05) is 12.3 Å². The molecule has 1 atom stereocenters. The second-order valence-corrected chi connectivity index (χ2v) is 2.16. The lowest BCUT2D eigenvalue weighted by Crippen LogP contribution is -2.14. The molecule has 4 nitrogen and oxygen atoms in total. The number of nitrogen functional groups attached to an aromatic ring is 1. The number of anilines is 1. The highest BCUT2D eigenvalue weighted by molar-refractivity contribution is 5.46. The maximum atomic E-state index is 8.64. The van der Waals surface area contributed by atoms with E-state index in [0.717, 1.165) is 5.56 Å². The highest BCUT2D eigenvalue weighted by Crippen LogP contribution is 2.16. The Hall–Kier alpha value is -1.00. The first kappa shape index (κ1) is 7.11. The van der Waals surface area contributed by atoms with E-state index < -0.39 is 0 Å². The molecule has 0 amide bonds. The van der Waals surface area contributed by atoms with Crippen molar-refractivity contribution < 1.29 is 5.11 Å². The molecular weight excluding hydrogens is 130 g/mol. The second kappa shape index (κ2) is 2.72. The summed E-state index contributed by atoms with van der Waals surface area (Å²) < 4.78 is 0. The number of hydrogen-bond acceptors (Lipinski definition) is 3. The molecule has 0 radical (unpaired) electrons. The predicted octanol–water partition coefficient (Wildman–Crippen LogP) is -0.411. The minimum absolute atomic E-state index is 0.0813. The van der Waals surface area contributed by atoms with Gasteiger partial charge < -0.3 is 21.6 Å². The van der Waals surface area contributed by atoms with Gasteiger partial charge in [0.05, 0.1) is 18.3 Å². The van der Waals surface area contributed by atoms with E-state index in [0.29, 0.717) is 5.69 Å². The van der Waals surface area contributed by atoms with Crippen molar-refractivity contribution in [1.29, 1.82) is 0 Å². The Kier molecular flexibility index (Phi) is 1.94. The summed E-state index contributed by atoms with van der Waals surface area (Å²) in [5.41, 5.74) is 12.3. The van der Waals surface area contributed by atoms with Gasteiger partial charge in [0.15, 0.2) is 0 Å². The third-order valence-corrected chi connectivity index (χ3v) is 1.41. The summed E-state index contributed by atoms with van der Waals surface area (Å²) in [5.74, 6) is 0. The van der Waals surface area contributed by atoms with Gasteiger partial charge in [-0.15, -0.1) is 0 Å². The second-order valence-electron chi connectivity index (χ2n) is 2.16. The molecule has 10 heavy (non-hydrogen) atoms. The number of aromatic amines is 1. The van der Waals surface area contributed by atoms with Crippen molar-refractivity contribution in [2.24, 2.45) is 5.73 Å². The van der Waals surface area contributed by atoms with Crippen LogP contribution in [-0.4, -0.2) is 16.7 Å². The first-order valence-electron chi connectivity index (χ1n) is 3.04. The molecule has 4 heteroatoms. The van der Waals surface area contributed by atoms with Gasteiger partial charge in [-0.05, 0) is 0 Å². The van der Waals surface area contributed by atoms with Gasteiger partial charge in [-0.1, -0.05) is 0 Å². The summed E-state index contributed by atoms with van der Waals surface area (Å²) in [5, 5.41) is 8.64. The summed E-state index contributed by atoms with van der Waals surface area (Å²) in [6.07, 6.45) is 3.33. The van der Waals surface area contributed by atoms with Crippen LogP contribution in [0.5, 0.6) is 0 Å². The van der Waals surface area contributed by atoms with E-state index in [1.165, 1.54) is 0 Å². The molecule has 1 aromatic rings. The molecule has 0 bridgehead atoms. The third kappa shape index (κ3) is 1.12. The van der Waals surface area contributed by atoms with E-state index in [-0.39, 0.29) is 12.6 Å². The number of aliphatic hydroxyl groups excluding tert-OH is 1. The molecule has 0 saturated heterocycles.